The lowest BCUT2D eigenvalue weighted by atomic mass is 9.89. The molecule has 54 heavy (non-hydrogen) atoms. The van der Waals surface area contributed by atoms with E-state index in [0.717, 1.165) is 28.1 Å². The first-order valence-corrected chi connectivity index (χ1v) is 18.5. The zero-order chi connectivity index (χ0) is 35.6. The summed E-state index contributed by atoms with van der Waals surface area (Å²) in [4.78, 5) is 10.4. The van der Waals surface area contributed by atoms with Crippen LogP contribution in [-0.4, -0.2) is 9.97 Å². The Labute approximate surface area is 313 Å². The Bertz CT molecular complexity index is 3190. The molecule has 11 rings (SSSR count). The highest BCUT2D eigenvalue weighted by atomic mass is 14.9. The molecule has 0 N–H and O–H groups in total. The van der Waals surface area contributed by atoms with Gasteiger partial charge in [0.25, 0.3) is 0 Å². The molecule has 0 bridgehead atoms. The number of hydrogen-bond donors (Lipinski definition) is 0. The molecule has 0 saturated carbocycles. The molecule has 0 saturated heterocycles. The summed E-state index contributed by atoms with van der Waals surface area (Å²) in [5, 5.41) is 12.6. The first-order valence-electron chi connectivity index (χ1n) is 18.5. The molecule has 0 fully saturated rings. The van der Waals surface area contributed by atoms with Crippen molar-refractivity contribution in [1.82, 2.24) is 9.97 Å². The van der Waals surface area contributed by atoms with Crippen molar-refractivity contribution in [2.24, 2.45) is 0 Å². The average molecular weight is 685 g/mol. The number of nitrogens with zero attached hydrogens (tertiary/aromatic N) is 2. The summed E-state index contributed by atoms with van der Waals surface area (Å²) < 4.78 is 0. The molecule has 10 aromatic carbocycles. The zero-order valence-electron chi connectivity index (χ0n) is 29.4. The lowest BCUT2D eigenvalue weighted by Crippen LogP contribution is -1.97. The van der Waals surface area contributed by atoms with Crippen molar-refractivity contribution in [1.29, 1.82) is 0 Å². The minimum absolute atomic E-state index is 0.712. The third-order valence-electron chi connectivity index (χ3n) is 11.0. The van der Waals surface area contributed by atoms with Gasteiger partial charge in [-0.3, -0.25) is 0 Å². The SMILES string of the molecule is c1ccc(-c2nc(-c3ccc4cc(-c5ccc6ccc7cccc8ccc5c6c78)ccc4c3)cc(-c3ccc(-c4ccccc4)c4ccccc34)n2)cc1. The minimum atomic E-state index is 0.712. The van der Waals surface area contributed by atoms with Gasteiger partial charge in [0.15, 0.2) is 5.82 Å². The summed E-state index contributed by atoms with van der Waals surface area (Å²) in [6.45, 7) is 0. The molecule has 0 amide bonds. The fraction of sp³-hybridized carbons (Fsp3) is 0. The van der Waals surface area contributed by atoms with Crippen LogP contribution < -0.4 is 0 Å². The second kappa shape index (κ2) is 12.2. The van der Waals surface area contributed by atoms with Crippen molar-refractivity contribution >= 4 is 53.9 Å². The molecule has 1 heterocycles. The topological polar surface area (TPSA) is 25.8 Å². The average Bonchev–Trinajstić information content (AvgIpc) is 3.25. The summed E-state index contributed by atoms with van der Waals surface area (Å²) in [6.07, 6.45) is 0. The van der Waals surface area contributed by atoms with E-state index in [4.69, 9.17) is 9.97 Å². The third-order valence-corrected chi connectivity index (χ3v) is 11.0. The summed E-state index contributed by atoms with van der Waals surface area (Å²) in [6, 6.07) is 69.8. The molecule has 0 aliphatic heterocycles. The molecular weight excluding hydrogens is 653 g/mol. The van der Waals surface area contributed by atoms with Crippen LogP contribution in [0.3, 0.4) is 0 Å². The van der Waals surface area contributed by atoms with E-state index in [1.807, 2.05) is 18.2 Å². The van der Waals surface area contributed by atoms with Gasteiger partial charge in [-0.05, 0) is 94.3 Å². The van der Waals surface area contributed by atoms with Crippen molar-refractivity contribution in [2.45, 2.75) is 0 Å². The smallest absolute Gasteiger partial charge is 0.160 e. The van der Waals surface area contributed by atoms with Gasteiger partial charge in [0.05, 0.1) is 11.4 Å². The van der Waals surface area contributed by atoms with E-state index in [-0.39, 0.29) is 0 Å². The van der Waals surface area contributed by atoms with Gasteiger partial charge < -0.3 is 0 Å². The van der Waals surface area contributed by atoms with Crippen LogP contribution in [0, 0.1) is 0 Å². The summed E-state index contributed by atoms with van der Waals surface area (Å²) in [7, 11) is 0. The van der Waals surface area contributed by atoms with Crippen LogP contribution in [0.4, 0.5) is 0 Å². The third kappa shape index (κ3) is 4.96. The van der Waals surface area contributed by atoms with Crippen molar-refractivity contribution in [2.75, 3.05) is 0 Å². The van der Waals surface area contributed by atoms with Crippen LogP contribution in [-0.2, 0) is 0 Å². The van der Waals surface area contributed by atoms with Gasteiger partial charge in [-0.15, -0.1) is 0 Å². The van der Waals surface area contributed by atoms with Crippen LogP contribution in [0.2, 0.25) is 0 Å². The zero-order valence-corrected chi connectivity index (χ0v) is 29.4. The highest BCUT2D eigenvalue weighted by molar-refractivity contribution is 6.25. The number of aromatic nitrogens is 2. The number of fused-ring (bicyclic) bond motifs is 2. The Morgan fingerprint density at radius 1 is 0.259 bits per heavy atom. The largest absolute Gasteiger partial charge is 0.228 e. The van der Waals surface area contributed by atoms with Crippen LogP contribution in [0.25, 0.3) is 110 Å². The molecule has 0 atom stereocenters. The maximum atomic E-state index is 5.20. The molecule has 2 heteroatoms. The standard InChI is InChI=1S/C52H32N2/c1-3-10-33(11-4-1)42-28-29-46(45-17-8-7-16-44(42)45)49-32-48(53-52(54-49)37-12-5-2-6-13-37)41-23-21-38-30-40(22-20-39(38)31-41)43-26-24-36-19-18-34-14-9-15-35-25-27-47(43)51(36)50(34)35/h1-32H. The van der Waals surface area contributed by atoms with E-state index in [9.17, 15) is 0 Å². The fourth-order valence-electron chi connectivity index (χ4n) is 8.40. The first-order chi connectivity index (χ1) is 26.7. The molecule has 0 aliphatic rings. The fourth-order valence-corrected chi connectivity index (χ4v) is 8.40. The van der Waals surface area contributed by atoms with Gasteiger partial charge in [-0.1, -0.05) is 176 Å². The molecule has 11 aromatic rings. The quantitative estimate of drug-likeness (QED) is 0.169. The lowest BCUT2D eigenvalue weighted by molar-refractivity contribution is 1.19. The number of benzene rings is 10. The molecule has 250 valence electrons. The Morgan fingerprint density at radius 3 is 1.54 bits per heavy atom. The van der Waals surface area contributed by atoms with Gasteiger partial charge >= 0.3 is 0 Å². The Hall–Kier alpha value is -7.16. The van der Waals surface area contributed by atoms with E-state index >= 15 is 0 Å². The van der Waals surface area contributed by atoms with Crippen LogP contribution >= 0.6 is 0 Å². The van der Waals surface area contributed by atoms with Crippen LogP contribution in [0.15, 0.2) is 194 Å². The molecule has 2 nitrogen and oxygen atoms in total. The summed E-state index contributed by atoms with van der Waals surface area (Å²) in [5.41, 5.74) is 9.82. The second-order valence-corrected chi connectivity index (χ2v) is 14.1. The molecular formula is C52H32N2. The van der Waals surface area contributed by atoms with Gasteiger partial charge in [0.1, 0.15) is 0 Å². The molecule has 0 radical (unpaired) electrons. The summed E-state index contributed by atoms with van der Waals surface area (Å²) >= 11 is 0. The van der Waals surface area contributed by atoms with Gasteiger partial charge in [0, 0.05) is 16.7 Å². The van der Waals surface area contributed by atoms with E-state index in [2.05, 4.69) is 176 Å². The normalized spacial score (nSPS) is 11.7. The number of hydrogen-bond acceptors (Lipinski definition) is 2. The van der Waals surface area contributed by atoms with E-state index in [1.54, 1.807) is 0 Å². The van der Waals surface area contributed by atoms with Gasteiger partial charge in [0.2, 0.25) is 0 Å². The Balaban J connectivity index is 1.04. The maximum Gasteiger partial charge on any atom is 0.160 e. The summed E-state index contributed by atoms with van der Waals surface area (Å²) in [5.74, 6) is 0.712. The number of rotatable bonds is 5. The maximum absolute atomic E-state index is 5.20. The molecule has 0 aliphatic carbocycles. The first kappa shape index (κ1) is 30.5. The molecule has 0 spiro atoms. The Morgan fingerprint density at radius 2 is 0.778 bits per heavy atom. The highest BCUT2D eigenvalue weighted by Crippen LogP contribution is 2.41. The van der Waals surface area contributed by atoms with Crippen molar-refractivity contribution in [3.05, 3.63) is 194 Å². The van der Waals surface area contributed by atoms with Crippen molar-refractivity contribution in [3.63, 3.8) is 0 Å². The minimum Gasteiger partial charge on any atom is -0.228 e. The van der Waals surface area contributed by atoms with Crippen LogP contribution in [0.5, 0.6) is 0 Å². The van der Waals surface area contributed by atoms with Gasteiger partial charge in [-0.25, -0.2) is 9.97 Å². The van der Waals surface area contributed by atoms with Gasteiger partial charge in [-0.2, -0.15) is 0 Å². The predicted molar refractivity (Wildman–Crippen MR) is 228 cm³/mol. The highest BCUT2D eigenvalue weighted by Gasteiger charge is 2.16. The van der Waals surface area contributed by atoms with Crippen molar-refractivity contribution < 1.29 is 0 Å². The van der Waals surface area contributed by atoms with E-state index in [1.165, 1.54) is 76.1 Å². The van der Waals surface area contributed by atoms with Crippen LogP contribution in [0.1, 0.15) is 0 Å². The van der Waals surface area contributed by atoms with E-state index < -0.39 is 0 Å². The van der Waals surface area contributed by atoms with Crippen molar-refractivity contribution in [3.8, 4) is 56.2 Å². The molecule has 0 unspecified atom stereocenters. The predicted octanol–water partition coefficient (Wildman–Crippen LogP) is 14.0. The lowest BCUT2D eigenvalue weighted by Gasteiger charge is -2.15. The monoisotopic (exact) mass is 684 g/mol. The van der Waals surface area contributed by atoms with E-state index in [0.29, 0.717) is 5.82 Å². The Kier molecular flexibility index (Phi) is 6.90. The second-order valence-electron chi connectivity index (χ2n) is 14.1. The molecule has 1 aromatic heterocycles.